The molecule has 120 valence electrons. The predicted octanol–water partition coefficient (Wildman–Crippen LogP) is 4.04. The van der Waals surface area contributed by atoms with Gasteiger partial charge in [0.2, 0.25) is 0 Å². The van der Waals surface area contributed by atoms with Gasteiger partial charge >= 0.3 is 0 Å². The highest BCUT2D eigenvalue weighted by atomic mass is 16.6. The Morgan fingerprint density at radius 1 is 1.04 bits per heavy atom. The molecule has 0 radical (unpaired) electrons. The van der Waals surface area contributed by atoms with Crippen LogP contribution in [0.15, 0.2) is 36.4 Å². The third-order valence-corrected chi connectivity index (χ3v) is 5.79. The van der Waals surface area contributed by atoms with Gasteiger partial charge in [0, 0.05) is 5.39 Å². The van der Waals surface area contributed by atoms with Crippen LogP contribution < -0.4 is 9.47 Å². The minimum atomic E-state index is 0.283. The Bertz CT molecular complexity index is 722. The summed E-state index contributed by atoms with van der Waals surface area (Å²) in [6.07, 6.45) is 4.53. The van der Waals surface area contributed by atoms with Gasteiger partial charge in [-0.1, -0.05) is 12.1 Å². The summed E-state index contributed by atoms with van der Waals surface area (Å²) < 4.78 is 17.1. The van der Waals surface area contributed by atoms with Crippen LogP contribution in [-0.4, -0.2) is 25.9 Å². The fourth-order valence-electron chi connectivity index (χ4n) is 4.07. The van der Waals surface area contributed by atoms with Crippen LogP contribution in [0.3, 0.4) is 0 Å². The van der Waals surface area contributed by atoms with Crippen LogP contribution >= 0.6 is 0 Å². The van der Waals surface area contributed by atoms with Crippen LogP contribution in [-0.2, 0) is 4.74 Å². The highest BCUT2D eigenvalue weighted by Gasteiger charge is 2.46. The average molecular weight is 310 g/mol. The van der Waals surface area contributed by atoms with E-state index in [1.165, 1.54) is 24.6 Å². The van der Waals surface area contributed by atoms with Gasteiger partial charge in [-0.2, -0.15) is 0 Å². The van der Waals surface area contributed by atoms with Gasteiger partial charge in [0.15, 0.2) is 0 Å². The molecule has 0 amide bonds. The average Bonchev–Trinajstić information content (AvgIpc) is 3.38. The summed E-state index contributed by atoms with van der Waals surface area (Å²) >= 11 is 0. The van der Waals surface area contributed by atoms with Gasteiger partial charge in [-0.05, 0) is 66.7 Å². The molecule has 4 atom stereocenters. The molecule has 23 heavy (non-hydrogen) atoms. The van der Waals surface area contributed by atoms with E-state index in [1.807, 2.05) is 12.1 Å². The number of hydrogen-bond donors (Lipinski definition) is 0. The Morgan fingerprint density at radius 3 is 2.74 bits per heavy atom. The molecule has 0 N–H and O–H groups in total. The van der Waals surface area contributed by atoms with Crippen LogP contribution in [0.4, 0.5) is 0 Å². The van der Waals surface area contributed by atoms with E-state index in [2.05, 4.69) is 24.3 Å². The van der Waals surface area contributed by atoms with Crippen molar-refractivity contribution in [2.45, 2.75) is 25.4 Å². The SMILES string of the molecule is c1cc(OCC2CO2)c2ccc(OCC3CC4CCC43)cc2c1. The molecular formula is C20H22O3. The summed E-state index contributed by atoms with van der Waals surface area (Å²) in [6.45, 7) is 2.34. The molecule has 0 bridgehead atoms. The lowest BCUT2D eigenvalue weighted by Crippen LogP contribution is -2.46. The molecule has 3 fully saturated rings. The molecule has 5 rings (SSSR count). The Kier molecular flexibility index (Phi) is 3.22. The minimum Gasteiger partial charge on any atom is -0.493 e. The van der Waals surface area contributed by atoms with Crippen molar-refractivity contribution in [2.75, 3.05) is 19.8 Å². The third kappa shape index (κ3) is 2.57. The number of epoxide rings is 1. The fraction of sp³-hybridized carbons (Fsp3) is 0.500. The smallest absolute Gasteiger partial charge is 0.127 e. The summed E-state index contributed by atoms with van der Waals surface area (Å²) in [5.41, 5.74) is 0. The zero-order valence-electron chi connectivity index (χ0n) is 13.2. The van der Waals surface area contributed by atoms with Gasteiger partial charge in [0.1, 0.15) is 24.2 Å². The molecular weight excluding hydrogens is 288 g/mol. The molecule has 0 spiro atoms. The quantitative estimate of drug-likeness (QED) is 0.754. The molecule has 3 heteroatoms. The fourth-order valence-corrected chi connectivity index (χ4v) is 4.07. The van der Waals surface area contributed by atoms with Gasteiger partial charge < -0.3 is 14.2 Å². The molecule has 2 aromatic rings. The number of benzene rings is 2. The number of hydrogen-bond acceptors (Lipinski definition) is 3. The summed E-state index contributed by atoms with van der Waals surface area (Å²) in [4.78, 5) is 0. The Morgan fingerprint density at radius 2 is 2.00 bits per heavy atom. The first-order chi connectivity index (χ1) is 11.4. The van der Waals surface area contributed by atoms with Gasteiger partial charge in [-0.3, -0.25) is 0 Å². The van der Waals surface area contributed by atoms with Gasteiger partial charge in [0.25, 0.3) is 0 Å². The molecule has 2 saturated carbocycles. The van der Waals surface area contributed by atoms with E-state index in [0.29, 0.717) is 6.61 Å². The van der Waals surface area contributed by atoms with Crippen molar-refractivity contribution in [3.8, 4) is 11.5 Å². The van der Waals surface area contributed by atoms with Crippen molar-refractivity contribution in [3.63, 3.8) is 0 Å². The van der Waals surface area contributed by atoms with E-state index < -0.39 is 0 Å². The zero-order valence-corrected chi connectivity index (χ0v) is 13.2. The van der Waals surface area contributed by atoms with Crippen LogP contribution in [0.1, 0.15) is 19.3 Å². The van der Waals surface area contributed by atoms with Crippen LogP contribution in [0.5, 0.6) is 11.5 Å². The highest BCUT2D eigenvalue weighted by Crippen LogP contribution is 2.54. The molecule has 3 aliphatic rings. The summed E-state index contributed by atoms with van der Waals surface area (Å²) in [5.74, 6) is 4.68. The Labute approximate surface area is 136 Å². The molecule has 1 aliphatic heterocycles. The van der Waals surface area contributed by atoms with E-state index >= 15 is 0 Å². The monoisotopic (exact) mass is 310 g/mol. The van der Waals surface area contributed by atoms with E-state index in [1.54, 1.807) is 0 Å². The van der Waals surface area contributed by atoms with Crippen molar-refractivity contribution in [1.29, 1.82) is 0 Å². The van der Waals surface area contributed by atoms with E-state index in [9.17, 15) is 0 Å². The van der Waals surface area contributed by atoms with Crippen LogP contribution in [0.25, 0.3) is 10.8 Å². The summed E-state index contributed by atoms with van der Waals surface area (Å²) in [7, 11) is 0. The van der Waals surface area contributed by atoms with Crippen molar-refractivity contribution in [1.82, 2.24) is 0 Å². The van der Waals surface area contributed by atoms with Gasteiger partial charge in [-0.25, -0.2) is 0 Å². The van der Waals surface area contributed by atoms with Crippen LogP contribution in [0, 0.1) is 17.8 Å². The maximum atomic E-state index is 6.06. The highest BCUT2D eigenvalue weighted by molar-refractivity contribution is 5.89. The molecule has 4 unspecified atom stereocenters. The second kappa shape index (κ2) is 5.41. The van der Waals surface area contributed by atoms with Crippen molar-refractivity contribution in [3.05, 3.63) is 36.4 Å². The molecule has 1 saturated heterocycles. The molecule has 3 nitrogen and oxygen atoms in total. The first-order valence-corrected chi connectivity index (χ1v) is 8.77. The second-order valence-electron chi connectivity index (χ2n) is 7.21. The summed E-state index contributed by atoms with van der Waals surface area (Å²) in [6, 6.07) is 12.5. The van der Waals surface area contributed by atoms with E-state index in [0.717, 1.165) is 47.9 Å². The molecule has 2 aliphatic carbocycles. The first kappa shape index (κ1) is 13.7. The zero-order chi connectivity index (χ0) is 15.2. The van der Waals surface area contributed by atoms with Crippen LogP contribution in [0.2, 0.25) is 0 Å². The van der Waals surface area contributed by atoms with Gasteiger partial charge in [-0.15, -0.1) is 0 Å². The topological polar surface area (TPSA) is 31.0 Å². The maximum absolute atomic E-state index is 6.06. The maximum Gasteiger partial charge on any atom is 0.127 e. The molecule has 2 aromatic carbocycles. The lowest BCUT2D eigenvalue weighted by Gasteiger charge is -2.52. The number of fused-ring (bicyclic) bond motifs is 2. The lowest BCUT2D eigenvalue weighted by atomic mass is 9.53. The number of ether oxygens (including phenoxy) is 3. The van der Waals surface area contributed by atoms with Gasteiger partial charge in [0.05, 0.1) is 13.2 Å². The Balaban J connectivity index is 1.28. The van der Waals surface area contributed by atoms with Crippen molar-refractivity contribution < 1.29 is 14.2 Å². The van der Waals surface area contributed by atoms with Crippen molar-refractivity contribution in [2.24, 2.45) is 17.8 Å². The second-order valence-corrected chi connectivity index (χ2v) is 7.21. The Hall–Kier alpha value is -1.74. The summed E-state index contributed by atoms with van der Waals surface area (Å²) in [5, 5.41) is 2.31. The number of rotatable bonds is 6. The van der Waals surface area contributed by atoms with E-state index in [4.69, 9.17) is 14.2 Å². The normalized spacial score (nSPS) is 31.0. The lowest BCUT2D eigenvalue weighted by molar-refractivity contribution is -0.0473. The standard InChI is InChI=1S/C20H22O3/c1-2-13-9-16(21-10-15-8-14-4-6-18(14)15)5-7-19(13)20(3-1)23-12-17-11-22-17/h1-3,5,7,9,14-15,17-18H,4,6,8,10-12H2. The van der Waals surface area contributed by atoms with E-state index in [-0.39, 0.29) is 6.10 Å². The predicted molar refractivity (Wildman–Crippen MR) is 89.0 cm³/mol. The largest absolute Gasteiger partial charge is 0.493 e. The first-order valence-electron chi connectivity index (χ1n) is 8.77. The third-order valence-electron chi connectivity index (χ3n) is 5.79. The molecule has 1 heterocycles. The van der Waals surface area contributed by atoms with Crippen molar-refractivity contribution >= 4 is 10.8 Å². The minimum absolute atomic E-state index is 0.283. The molecule has 0 aromatic heterocycles.